The number of rotatable bonds is 1. The number of carboxylic acids is 1. The second-order valence-corrected chi connectivity index (χ2v) is 3.55. The van der Waals surface area contributed by atoms with Crippen LogP contribution < -0.4 is 0 Å². The molecule has 0 atom stereocenters. The predicted octanol–water partition coefficient (Wildman–Crippen LogP) is 2.05. The van der Waals surface area contributed by atoms with Gasteiger partial charge in [-0.05, 0) is 19.4 Å². The first kappa shape index (κ1) is 10.3. The molecule has 1 rings (SSSR count). The van der Waals surface area contributed by atoms with Gasteiger partial charge in [0.05, 0.1) is 5.41 Å². The Labute approximate surface area is 83.6 Å². The maximum atomic E-state index is 10.3. The first-order valence-corrected chi connectivity index (χ1v) is 4.34. The van der Waals surface area contributed by atoms with Crippen LogP contribution in [-0.4, -0.2) is 11.1 Å². The fraction of sp³-hybridized carbons (Fsp3) is 0.250. The summed E-state index contributed by atoms with van der Waals surface area (Å²) < 4.78 is 0. The summed E-state index contributed by atoms with van der Waals surface area (Å²) >= 11 is 0. The van der Waals surface area contributed by atoms with Crippen LogP contribution in [0.2, 0.25) is 0 Å². The Balaban J connectivity index is 2.99. The van der Waals surface area contributed by atoms with E-state index in [0.717, 1.165) is 5.56 Å². The maximum absolute atomic E-state index is 10.3. The summed E-state index contributed by atoms with van der Waals surface area (Å²) in [6.45, 7) is 3.80. The number of carboxylic acid groups (broad SMARTS) is 1. The zero-order valence-corrected chi connectivity index (χ0v) is 8.24. The van der Waals surface area contributed by atoms with Crippen molar-refractivity contribution in [2.75, 3.05) is 0 Å². The van der Waals surface area contributed by atoms with Crippen molar-refractivity contribution in [2.45, 2.75) is 19.3 Å². The van der Waals surface area contributed by atoms with Gasteiger partial charge in [-0.3, -0.25) is 0 Å². The molecule has 0 bridgehead atoms. The first-order chi connectivity index (χ1) is 6.52. The standard InChI is InChI=1S/C12H12O2/c1-12(2,9-8-11(13)14)10-6-4-3-5-7-10/h3-7H,1-2H3,(H,13,14). The third-order valence-corrected chi connectivity index (χ3v) is 1.98. The van der Waals surface area contributed by atoms with Gasteiger partial charge in [0.1, 0.15) is 0 Å². The van der Waals surface area contributed by atoms with E-state index in [0.29, 0.717) is 0 Å². The van der Waals surface area contributed by atoms with E-state index in [-0.39, 0.29) is 0 Å². The van der Waals surface area contributed by atoms with Gasteiger partial charge in [-0.25, -0.2) is 4.79 Å². The number of hydrogen-bond donors (Lipinski definition) is 1. The summed E-state index contributed by atoms with van der Waals surface area (Å²) in [7, 11) is 0. The van der Waals surface area contributed by atoms with Crippen LogP contribution in [0.4, 0.5) is 0 Å². The Morgan fingerprint density at radius 3 is 2.36 bits per heavy atom. The molecule has 2 nitrogen and oxygen atoms in total. The molecule has 0 spiro atoms. The van der Waals surface area contributed by atoms with Gasteiger partial charge in [0, 0.05) is 5.92 Å². The van der Waals surface area contributed by atoms with E-state index in [1.807, 2.05) is 44.2 Å². The number of carbonyl (C=O) groups is 1. The fourth-order valence-electron chi connectivity index (χ4n) is 1.14. The molecule has 0 aliphatic heterocycles. The molecule has 2 heteroatoms. The van der Waals surface area contributed by atoms with Crippen molar-refractivity contribution in [2.24, 2.45) is 0 Å². The van der Waals surface area contributed by atoms with Gasteiger partial charge >= 0.3 is 5.97 Å². The summed E-state index contributed by atoms with van der Waals surface area (Å²) in [5, 5.41) is 8.45. The number of hydrogen-bond acceptors (Lipinski definition) is 1. The molecule has 14 heavy (non-hydrogen) atoms. The zero-order chi connectivity index (χ0) is 10.6. The lowest BCUT2D eigenvalue weighted by atomic mass is 9.85. The molecule has 0 saturated carbocycles. The number of aliphatic carboxylic acids is 1. The minimum absolute atomic E-state index is 0.417. The third-order valence-electron chi connectivity index (χ3n) is 1.98. The van der Waals surface area contributed by atoms with Gasteiger partial charge in [0.2, 0.25) is 0 Å². The Bertz CT molecular complexity index is 380. The maximum Gasteiger partial charge on any atom is 0.381 e. The molecule has 0 amide bonds. The van der Waals surface area contributed by atoms with Gasteiger partial charge in [-0.15, -0.1) is 0 Å². The normalized spacial score (nSPS) is 10.1. The van der Waals surface area contributed by atoms with Crippen molar-refractivity contribution in [3.8, 4) is 11.8 Å². The molecule has 0 unspecified atom stereocenters. The minimum Gasteiger partial charge on any atom is -0.472 e. The topological polar surface area (TPSA) is 37.3 Å². The van der Waals surface area contributed by atoms with Crippen LogP contribution in [0, 0.1) is 11.8 Å². The van der Waals surface area contributed by atoms with Crippen LogP contribution in [0.25, 0.3) is 0 Å². The van der Waals surface area contributed by atoms with E-state index in [1.165, 1.54) is 0 Å². The van der Waals surface area contributed by atoms with Crippen molar-refractivity contribution in [1.82, 2.24) is 0 Å². The molecule has 0 saturated heterocycles. The van der Waals surface area contributed by atoms with Crippen molar-refractivity contribution in [3.05, 3.63) is 35.9 Å². The van der Waals surface area contributed by atoms with E-state index in [2.05, 4.69) is 11.8 Å². The summed E-state index contributed by atoms with van der Waals surface area (Å²) in [5.41, 5.74) is 0.605. The van der Waals surface area contributed by atoms with Crippen LogP contribution in [0.3, 0.4) is 0 Å². The largest absolute Gasteiger partial charge is 0.472 e. The fourth-order valence-corrected chi connectivity index (χ4v) is 1.14. The van der Waals surface area contributed by atoms with Crippen LogP contribution >= 0.6 is 0 Å². The molecule has 0 aromatic heterocycles. The minimum atomic E-state index is -1.09. The van der Waals surface area contributed by atoms with Gasteiger partial charge in [0.25, 0.3) is 0 Å². The van der Waals surface area contributed by atoms with Crippen LogP contribution in [0.15, 0.2) is 30.3 Å². The second-order valence-electron chi connectivity index (χ2n) is 3.55. The molecule has 0 heterocycles. The van der Waals surface area contributed by atoms with Gasteiger partial charge in [-0.2, -0.15) is 0 Å². The van der Waals surface area contributed by atoms with E-state index >= 15 is 0 Å². The zero-order valence-electron chi connectivity index (χ0n) is 8.24. The van der Waals surface area contributed by atoms with Crippen LogP contribution in [0.5, 0.6) is 0 Å². The van der Waals surface area contributed by atoms with E-state index < -0.39 is 11.4 Å². The summed E-state index contributed by atoms with van der Waals surface area (Å²) in [6.07, 6.45) is 0. The highest BCUT2D eigenvalue weighted by Crippen LogP contribution is 2.21. The lowest BCUT2D eigenvalue weighted by Gasteiger charge is -2.17. The highest BCUT2D eigenvalue weighted by atomic mass is 16.4. The molecule has 1 N–H and O–H groups in total. The molecule has 0 radical (unpaired) electrons. The first-order valence-electron chi connectivity index (χ1n) is 4.34. The monoisotopic (exact) mass is 188 g/mol. The van der Waals surface area contributed by atoms with Crippen molar-refractivity contribution >= 4 is 5.97 Å². The molecule has 0 fully saturated rings. The molecule has 0 aliphatic rings. The summed E-state index contributed by atoms with van der Waals surface area (Å²) in [5.74, 6) is 3.79. The van der Waals surface area contributed by atoms with Gasteiger partial charge in [0.15, 0.2) is 0 Å². The average molecular weight is 188 g/mol. The quantitative estimate of drug-likeness (QED) is 0.685. The van der Waals surface area contributed by atoms with Gasteiger partial charge in [-0.1, -0.05) is 36.3 Å². The smallest absolute Gasteiger partial charge is 0.381 e. The lowest BCUT2D eigenvalue weighted by Crippen LogP contribution is -2.14. The van der Waals surface area contributed by atoms with Crippen molar-refractivity contribution in [1.29, 1.82) is 0 Å². The van der Waals surface area contributed by atoms with Gasteiger partial charge < -0.3 is 5.11 Å². The molecule has 1 aromatic rings. The lowest BCUT2D eigenvalue weighted by molar-refractivity contribution is -0.130. The summed E-state index contributed by atoms with van der Waals surface area (Å²) in [6, 6.07) is 9.64. The Morgan fingerprint density at radius 1 is 1.29 bits per heavy atom. The highest BCUT2D eigenvalue weighted by Gasteiger charge is 2.16. The Hall–Kier alpha value is -1.75. The molecular weight excluding hydrogens is 176 g/mol. The SMILES string of the molecule is CC(C)(C#CC(=O)O)c1ccccc1. The van der Waals surface area contributed by atoms with Crippen LogP contribution in [-0.2, 0) is 10.2 Å². The number of benzene rings is 1. The van der Waals surface area contributed by atoms with E-state index in [9.17, 15) is 4.79 Å². The second kappa shape index (κ2) is 3.97. The van der Waals surface area contributed by atoms with E-state index in [1.54, 1.807) is 0 Å². The average Bonchev–Trinajstić information content (AvgIpc) is 2.16. The molecule has 1 aromatic carbocycles. The predicted molar refractivity (Wildman–Crippen MR) is 54.9 cm³/mol. The molecule has 0 aliphatic carbocycles. The van der Waals surface area contributed by atoms with Crippen molar-refractivity contribution < 1.29 is 9.90 Å². The highest BCUT2D eigenvalue weighted by molar-refractivity contribution is 5.86. The van der Waals surface area contributed by atoms with E-state index in [4.69, 9.17) is 5.11 Å². The van der Waals surface area contributed by atoms with Crippen molar-refractivity contribution in [3.63, 3.8) is 0 Å². The molecule has 72 valence electrons. The third kappa shape index (κ3) is 2.63. The Morgan fingerprint density at radius 2 is 1.86 bits per heavy atom. The van der Waals surface area contributed by atoms with Crippen LogP contribution in [0.1, 0.15) is 19.4 Å². The molecular formula is C12H12O2. The summed E-state index contributed by atoms with van der Waals surface area (Å²) in [4.78, 5) is 10.3. The Kier molecular flexibility index (Phi) is 2.93.